The maximum Gasteiger partial charge on any atom is 0.248 e. The standard InChI is InChI=1S/C18H23N5O3/c1-3-26-13-8-6-12(7-9-13)16-15(17(19)25)11(2)20-18-21-14(5-4-10-24)22-23(16)18/h6-9,16,24H,3-5,10H2,1-2H3,(H2,19,25)(H,20,21,22)/t16-/m1/s1. The fourth-order valence-corrected chi connectivity index (χ4v) is 3.08. The summed E-state index contributed by atoms with van der Waals surface area (Å²) >= 11 is 0. The molecule has 1 amide bonds. The number of nitrogens with two attached hydrogens (primary N) is 1. The number of ether oxygens (including phenoxy) is 1. The summed E-state index contributed by atoms with van der Waals surface area (Å²) in [5, 5.41) is 16.7. The Labute approximate surface area is 151 Å². The Kier molecular flexibility index (Phi) is 5.22. The topological polar surface area (TPSA) is 115 Å². The SMILES string of the molecule is CCOc1ccc([C@@H]2C(C(N)=O)=C(C)Nc3nc(CCCO)nn32)cc1. The number of allylic oxidation sites excluding steroid dienone is 1. The minimum absolute atomic E-state index is 0.0729. The second kappa shape index (κ2) is 7.57. The normalized spacial score (nSPS) is 16.2. The summed E-state index contributed by atoms with van der Waals surface area (Å²) in [6.07, 6.45) is 1.13. The predicted octanol–water partition coefficient (Wildman–Crippen LogP) is 1.38. The van der Waals surface area contributed by atoms with Crippen LogP contribution in [-0.2, 0) is 11.2 Å². The van der Waals surface area contributed by atoms with Crippen molar-refractivity contribution in [2.24, 2.45) is 5.73 Å². The van der Waals surface area contributed by atoms with Crippen molar-refractivity contribution in [3.63, 3.8) is 0 Å². The predicted molar refractivity (Wildman–Crippen MR) is 96.7 cm³/mol. The first-order valence-electron chi connectivity index (χ1n) is 8.61. The number of carbonyl (C=O) groups excluding carboxylic acids is 1. The van der Waals surface area contributed by atoms with E-state index in [1.807, 2.05) is 31.2 Å². The molecule has 1 atom stereocenters. The van der Waals surface area contributed by atoms with Crippen molar-refractivity contribution in [3.05, 3.63) is 46.9 Å². The van der Waals surface area contributed by atoms with E-state index in [1.54, 1.807) is 11.6 Å². The highest BCUT2D eigenvalue weighted by Gasteiger charge is 2.33. The fourth-order valence-electron chi connectivity index (χ4n) is 3.08. The Hall–Kier alpha value is -2.87. The zero-order valence-corrected chi connectivity index (χ0v) is 14.9. The van der Waals surface area contributed by atoms with Crippen LogP contribution in [0, 0.1) is 0 Å². The quantitative estimate of drug-likeness (QED) is 0.689. The molecular formula is C18H23N5O3. The van der Waals surface area contributed by atoms with Gasteiger partial charge in [-0.05, 0) is 38.0 Å². The first-order chi connectivity index (χ1) is 12.5. The lowest BCUT2D eigenvalue weighted by atomic mass is 9.95. The molecule has 1 aromatic carbocycles. The van der Waals surface area contributed by atoms with Gasteiger partial charge in [0, 0.05) is 18.7 Å². The highest BCUT2D eigenvalue weighted by Crippen LogP contribution is 2.35. The van der Waals surface area contributed by atoms with Crippen LogP contribution in [0.3, 0.4) is 0 Å². The van der Waals surface area contributed by atoms with Crippen molar-refractivity contribution in [3.8, 4) is 5.75 Å². The number of carbonyl (C=O) groups is 1. The molecule has 3 rings (SSSR count). The van der Waals surface area contributed by atoms with Crippen LogP contribution in [0.4, 0.5) is 5.95 Å². The van der Waals surface area contributed by atoms with E-state index in [1.165, 1.54) is 0 Å². The molecule has 0 unspecified atom stereocenters. The number of nitrogens with zero attached hydrogens (tertiary/aromatic N) is 3. The third-order valence-electron chi connectivity index (χ3n) is 4.23. The number of aliphatic hydroxyl groups is 1. The summed E-state index contributed by atoms with van der Waals surface area (Å²) in [5.74, 6) is 1.41. The van der Waals surface area contributed by atoms with E-state index in [9.17, 15) is 4.79 Å². The van der Waals surface area contributed by atoms with Gasteiger partial charge in [0.25, 0.3) is 0 Å². The van der Waals surface area contributed by atoms with E-state index in [0.717, 1.165) is 11.3 Å². The molecule has 1 aliphatic rings. The molecule has 0 saturated carbocycles. The average molecular weight is 357 g/mol. The summed E-state index contributed by atoms with van der Waals surface area (Å²) in [7, 11) is 0. The Morgan fingerprint density at radius 2 is 2.12 bits per heavy atom. The van der Waals surface area contributed by atoms with Gasteiger partial charge in [-0.1, -0.05) is 12.1 Å². The largest absolute Gasteiger partial charge is 0.494 e. The fraction of sp³-hybridized carbons (Fsp3) is 0.389. The van der Waals surface area contributed by atoms with Gasteiger partial charge in [0.2, 0.25) is 11.9 Å². The van der Waals surface area contributed by atoms with Gasteiger partial charge in [0.1, 0.15) is 11.8 Å². The van der Waals surface area contributed by atoms with E-state index in [0.29, 0.717) is 42.5 Å². The van der Waals surface area contributed by atoms with Crippen LogP contribution in [0.1, 0.15) is 37.7 Å². The Morgan fingerprint density at radius 3 is 2.73 bits per heavy atom. The minimum atomic E-state index is -0.507. The van der Waals surface area contributed by atoms with Crippen molar-refractivity contribution < 1.29 is 14.6 Å². The number of aromatic nitrogens is 3. The molecule has 0 fully saturated rings. The van der Waals surface area contributed by atoms with Crippen molar-refractivity contribution >= 4 is 11.9 Å². The van der Waals surface area contributed by atoms with E-state index < -0.39 is 11.9 Å². The molecule has 0 spiro atoms. The van der Waals surface area contributed by atoms with Gasteiger partial charge in [0.15, 0.2) is 5.82 Å². The molecule has 0 bridgehead atoms. The van der Waals surface area contributed by atoms with Crippen LogP contribution in [0.15, 0.2) is 35.5 Å². The summed E-state index contributed by atoms with van der Waals surface area (Å²) in [6, 6.07) is 7.05. The smallest absolute Gasteiger partial charge is 0.248 e. The number of hydrogen-bond donors (Lipinski definition) is 3. The zero-order chi connectivity index (χ0) is 18.7. The molecule has 8 nitrogen and oxygen atoms in total. The van der Waals surface area contributed by atoms with E-state index >= 15 is 0 Å². The lowest BCUT2D eigenvalue weighted by Crippen LogP contribution is -2.31. The molecule has 138 valence electrons. The molecule has 0 saturated heterocycles. The monoisotopic (exact) mass is 357 g/mol. The van der Waals surface area contributed by atoms with Gasteiger partial charge in [-0.15, -0.1) is 0 Å². The summed E-state index contributed by atoms with van der Waals surface area (Å²) < 4.78 is 7.16. The van der Waals surface area contributed by atoms with Crippen molar-refractivity contribution in [2.75, 3.05) is 18.5 Å². The van der Waals surface area contributed by atoms with Crippen LogP contribution >= 0.6 is 0 Å². The highest BCUT2D eigenvalue weighted by atomic mass is 16.5. The number of aryl methyl sites for hydroxylation is 1. The van der Waals surface area contributed by atoms with Gasteiger partial charge in [-0.3, -0.25) is 4.79 Å². The van der Waals surface area contributed by atoms with Crippen LogP contribution < -0.4 is 15.8 Å². The first kappa shape index (κ1) is 17.9. The van der Waals surface area contributed by atoms with Gasteiger partial charge in [-0.2, -0.15) is 10.1 Å². The van der Waals surface area contributed by atoms with Gasteiger partial charge in [0.05, 0.1) is 12.2 Å². The Morgan fingerprint density at radius 1 is 1.38 bits per heavy atom. The minimum Gasteiger partial charge on any atom is -0.494 e. The number of benzene rings is 1. The lowest BCUT2D eigenvalue weighted by Gasteiger charge is -2.27. The molecule has 0 aliphatic carbocycles. The van der Waals surface area contributed by atoms with Crippen molar-refractivity contribution in [1.29, 1.82) is 0 Å². The van der Waals surface area contributed by atoms with Crippen molar-refractivity contribution in [1.82, 2.24) is 14.8 Å². The third kappa shape index (κ3) is 3.41. The molecule has 8 heteroatoms. The number of anilines is 1. The van der Waals surface area contributed by atoms with Crippen LogP contribution in [-0.4, -0.2) is 39.0 Å². The van der Waals surface area contributed by atoms with E-state index in [-0.39, 0.29) is 6.61 Å². The lowest BCUT2D eigenvalue weighted by molar-refractivity contribution is -0.115. The van der Waals surface area contributed by atoms with Crippen LogP contribution in [0.25, 0.3) is 0 Å². The molecule has 26 heavy (non-hydrogen) atoms. The number of aliphatic hydroxyl groups excluding tert-OH is 1. The average Bonchev–Trinajstić information content (AvgIpc) is 3.02. The number of primary amides is 1. The second-order valence-electron chi connectivity index (χ2n) is 6.06. The highest BCUT2D eigenvalue weighted by molar-refractivity contribution is 5.95. The Bertz CT molecular complexity index is 826. The molecule has 1 aliphatic heterocycles. The van der Waals surface area contributed by atoms with E-state index in [2.05, 4.69) is 15.4 Å². The van der Waals surface area contributed by atoms with Gasteiger partial charge < -0.3 is 20.9 Å². The number of nitrogens with one attached hydrogen (secondary N) is 1. The first-order valence-corrected chi connectivity index (χ1v) is 8.61. The maximum absolute atomic E-state index is 12.1. The zero-order valence-electron chi connectivity index (χ0n) is 14.9. The van der Waals surface area contributed by atoms with Crippen LogP contribution in [0.5, 0.6) is 5.75 Å². The number of rotatable bonds is 7. The molecule has 2 heterocycles. The third-order valence-corrected chi connectivity index (χ3v) is 4.23. The second-order valence-corrected chi connectivity index (χ2v) is 6.06. The molecule has 1 aromatic heterocycles. The number of amides is 1. The molecule has 2 aromatic rings. The van der Waals surface area contributed by atoms with E-state index in [4.69, 9.17) is 15.6 Å². The number of hydrogen-bond acceptors (Lipinski definition) is 6. The Balaban J connectivity index is 2.04. The van der Waals surface area contributed by atoms with Gasteiger partial charge >= 0.3 is 0 Å². The maximum atomic E-state index is 12.1. The number of fused-ring (bicyclic) bond motifs is 1. The summed E-state index contributed by atoms with van der Waals surface area (Å²) in [6.45, 7) is 4.38. The summed E-state index contributed by atoms with van der Waals surface area (Å²) in [4.78, 5) is 16.6. The van der Waals surface area contributed by atoms with Gasteiger partial charge in [-0.25, -0.2) is 4.68 Å². The molecule has 0 radical (unpaired) electrons. The molecular weight excluding hydrogens is 334 g/mol. The van der Waals surface area contributed by atoms with Crippen LogP contribution in [0.2, 0.25) is 0 Å². The van der Waals surface area contributed by atoms with Crippen molar-refractivity contribution in [2.45, 2.75) is 32.7 Å². The summed E-state index contributed by atoms with van der Waals surface area (Å²) in [5.41, 5.74) is 7.62. The molecule has 4 N–H and O–H groups in total.